The monoisotopic (exact) mass is 400 g/mol. The van der Waals surface area contributed by atoms with E-state index in [1.165, 1.54) is 0 Å². The highest BCUT2D eigenvalue weighted by Crippen LogP contribution is 2.67. The molecule has 4 saturated carbocycles. The quantitative estimate of drug-likeness (QED) is 0.753. The van der Waals surface area contributed by atoms with Crippen LogP contribution < -0.4 is 0 Å². The van der Waals surface area contributed by atoms with Gasteiger partial charge in [-0.2, -0.15) is 0 Å². The molecule has 5 aliphatic carbocycles. The number of ether oxygens (including phenoxy) is 1. The molecule has 29 heavy (non-hydrogen) atoms. The molecule has 160 valence electrons. The maximum atomic E-state index is 13.4. The Labute approximate surface area is 174 Å². The van der Waals surface area contributed by atoms with Crippen molar-refractivity contribution in [3.63, 3.8) is 0 Å². The number of hydrogen-bond acceptors (Lipinski definition) is 4. The maximum absolute atomic E-state index is 13.4. The third-order valence-corrected chi connectivity index (χ3v) is 10.1. The summed E-state index contributed by atoms with van der Waals surface area (Å²) in [7, 11) is 1.79. The second-order valence-corrected chi connectivity index (χ2v) is 11.2. The van der Waals surface area contributed by atoms with E-state index < -0.39 is 0 Å². The molecule has 0 aromatic carbocycles. The predicted octanol–water partition coefficient (Wildman–Crippen LogP) is 4.24. The zero-order valence-corrected chi connectivity index (χ0v) is 18.2. The summed E-state index contributed by atoms with van der Waals surface area (Å²) in [6, 6.07) is 0. The van der Waals surface area contributed by atoms with Crippen LogP contribution in [0.4, 0.5) is 0 Å². The molecule has 0 heterocycles. The van der Waals surface area contributed by atoms with Gasteiger partial charge in [0.15, 0.2) is 5.78 Å². The van der Waals surface area contributed by atoms with E-state index in [9.17, 15) is 14.7 Å². The third-order valence-electron chi connectivity index (χ3n) is 10.1. The van der Waals surface area contributed by atoms with Gasteiger partial charge in [-0.1, -0.05) is 32.3 Å². The molecule has 0 bridgehead atoms. The Balaban J connectivity index is 1.54. The molecule has 0 amide bonds. The molecule has 4 fully saturated rings. The average molecular weight is 401 g/mol. The van der Waals surface area contributed by atoms with Crippen LogP contribution in [0.5, 0.6) is 0 Å². The minimum Gasteiger partial charge on any atom is -0.393 e. The zero-order valence-electron chi connectivity index (χ0n) is 18.2. The summed E-state index contributed by atoms with van der Waals surface area (Å²) in [5.41, 5.74) is 0.720. The van der Waals surface area contributed by atoms with Gasteiger partial charge in [-0.25, -0.2) is 0 Å². The average Bonchev–Trinajstić information content (AvgIpc) is 3.25. The summed E-state index contributed by atoms with van der Waals surface area (Å²) >= 11 is 0. The van der Waals surface area contributed by atoms with Crippen LogP contribution in [0.3, 0.4) is 0 Å². The Morgan fingerprint density at radius 1 is 1.00 bits per heavy atom. The fourth-order valence-corrected chi connectivity index (χ4v) is 8.66. The summed E-state index contributed by atoms with van der Waals surface area (Å²) in [6.07, 6.45) is 10.8. The van der Waals surface area contributed by atoms with Gasteiger partial charge in [0.1, 0.15) is 5.78 Å². The number of methoxy groups -OCH3 is 1. The molecule has 4 heteroatoms. The van der Waals surface area contributed by atoms with Crippen molar-refractivity contribution >= 4 is 11.6 Å². The van der Waals surface area contributed by atoms with E-state index in [1.54, 1.807) is 7.11 Å². The van der Waals surface area contributed by atoms with E-state index >= 15 is 0 Å². The molecule has 0 aliphatic heterocycles. The molecule has 7 atom stereocenters. The number of aliphatic hydroxyl groups is 1. The number of Topliss-reactive ketones (excluding diaryl/α,β-unsaturated/α-hetero) is 1. The second-order valence-electron chi connectivity index (χ2n) is 11.2. The van der Waals surface area contributed by atoms with Crippen LogP contribution in [-0.4, -0.2) is 35.5 Å². The van der Waals surface area contributed by atoms with Gasteiger partial charge < -0.3 is 9.84 Å². The zero-order chi connectivity index (χ0) is 20.6. The van der Waals surface area contributed by atoms with Crippen LogP contribution in [0.2, 0.25) is 0 Å². The first-order chi connectivity index (χ1) is 13.7. The lowest BCUT2D eigenvalue weighted by Crippen LogP contribution is -2.56. The molecule has 0 spiro atoms. The Bertz CT molecular complexity index is 763. The summed E-state index contributed by atoms with van der Waals surface area (Å²) in [5.74, 6) is 0.914. The van der Waals surface area contributed by atoms with Gasteiger partial charge in [-0.15, -0.1) is 0 Å². The number of rotatable bonds is 2. The third kappa shape index (κ3) is 2.57. The van der Waals surface area contributed by atoms with E-state index in [0.29, 0.717) is 24.5 Å². The number of carbonyl (C=O) groups excluding carboxylic acids is 2. The normalized spacial score (nSPS) is 48.7. The summed E-state index contributed by atoms with van der Waals surface area (Å²) in [5, 5.41) is 10.2. The fourth-order valence-electron chi connectivity index (χ4n) is 8.66. The van der Waals surface area contributed by atoms with Gasteiger partial charge in [0.25, 0.3) is 0 Å². The lowest BCUT2D eigenvalue weighted by atomic mass is 9.46. The van der Waals surface area contributed by atoms with E-state index in [0.717, 1.165) is 56.9 Å². The molecular weight excluding hydrogens is 364 g/mol. The minimum absolute atomic E-state index is 0.00652. The fraction of sp³-hybridized carbons (Fsp3) is 0.840. The van der Waals surface area contributed by atoms with Crippen molar-refractivity contribution < 1.29 is 19.4 Å². The smallest absolute Gasteiger partial charge is 0.159 e. The highest BCUT2D eigenvalue weighted by atomic mass is 16.5. The Morgan fingerprint density at radius 2 is 1.72 bits per heavy atom. The van der Waals surface area contributed by atoms with Crippen LogP contribution in [0.15, 0.2) is 11.6 Å². The lowest BCUT2D eigenvalue weighted by Gasteiger charge is -2.57. The summed E-state index contributed by atoms with van der Waals surface area (Å²) in [6.45, 7) is 4.61. The largest absolute Gasteiger partial charge is 0.393 e. The molecule has 5 aliphatic rings. The van der Waals surface area contributed by atoms with Crippen LogP contribution in [0.1, 0.15) is 78.1 Å². The maximum Gasteiger partial charge on any atom is 0.159 e. The van der Waals surface area contributed by atoms with Crippen molar-refractivity contribution in [1.29, 1.82) is 0 Å². The SMILES string of the molecule is COC1([C@H]2C(=O)CC3C4C(=O)C=C5C[C@@H](O)CC[C@]5(C)C4CC[C@@]32C)CCCC1. The van der Waals surface area contributed by atoms with Crippen LogP contribution in [-0.2, 0) is 14.3 Å². The Hall–Kier alpha value is -1.00. The molecule has 4 nitrogen and oxygen atoms in total. The van der Waals surface area contributed by atoms with Gasteiger partial charge in [-0.3, -0.25) is 9.59 Å². The molecule has 0 radical (unpaired) electrons. The van der Waals surface area contributed by atoms with Gasteiger partial charge in [0.05, 0.1) is 17.6 Å². The molecule has 1 N–H and O–H groups in total. The highest BCUT2D eigenvalue weighted by molar-refractivity contribution is 5.96. The van der Waals surface area contributed by atoms with E-state index in [4.69, 9.17) is 4.74 Å². The van der Waals surface area contributed by atoms with Crippen molar-refractivity contribution in [2.75, 3.05) is 7.11 Å². The van der Waals surface area contributed by atoms with Crippen molar-refractivity contribution in [2.45, 2.75) is 89.8 Å². The van der Waals surface area contributed by atoms with Crippen LogP contribution in [0, 0.1) is 34.5 Å². The lowest BCUT2D eigenvalue weighted by molar-refractivity contribution is -0.151. The molecule has 5 rings (SSSR count). The molecule has 0 aromatic rings. The van der Waals surface area contributed by atoms with Gasteiger partial charge in [0.2, 0.25) is 0 Å². The standard InChI is InChI=1S/C25H36O4/c1-23-10-6-16(26)12-15(23)13-19(27)21-17(23)7-11-24(2)18(21)14-20(28)22(24)25(29-3)8-4-5-9-25/h13,16-18,21-22,26H,4-12,14H2,1-3H3/t16-,17?,18?,21?,22-,23-,24-/m0/s1. The minimum atomic E-state index is -0.314. The van der Waals surface area contributed by atoms with Gasteiger partial charge in [0, 0.05) is 19.4 Å². The van der Waals surface area contributed by atoms with Crippen LogP contribution in [0.25, 0.3) is 0 Å². The number of fused-ring (bicyclic) bond motifs is 5. The Kier molecular flexibility index (Phi) is 4.47. The van der Waals surface area contributed by atoms with Gasteiger partial charge in [-0.05, 0) is 73.7 Å². The molecule has 3 unspecified atom stereocenters. The predicted molar refractivity (Wildman–Crippen MR) is 110 cm³/mol. The first-order valence-electron chi connectivity index (χ1n) is 11.8. The number of carbonyl (C=O) groups is 2. The van der Waals surface area contributed by atoms with Crippen molar-refractivity contribution in [2.24, 2.45) is 34.5 Å². The van der Waals surface area contributed by atoms with Crippen molar-refractivity contribution in [1.82, 2.24) is 0 Å². The van der Waals surface area contributed by atoms with Gasteiger partial charge >= 0.3 is 0 Å². The van der Waals surface area contributed by atoms with Crippen molar-refractivity contribution in [3.05, 3.63) is 11.6 Å². The summed E-state index contributed by atoms with van der Waals surface area (Å²) in [4.78, 5) is 26.8. The number of hydrogen-bond donors (Lipinski definition) is 1. The molecule has 0 aromatic heterocycles. The molecular formula is C25H36O4. The first-order valence-corrected chi connectivity index (χ1v) is 11.8. The second kappa shape index (κ2) is 6.50. The number of allylic oxidation sites excluding steroid dienone is 1. The number of aliphatic hydroxyl groups excluding tert-OH is 1. The first kappa shape index (κ1) is 19.9. The van der Waals surface area contributed by atoms with Crippen molar-refractivity contribution in [3.8, 4) is 0 Å². The molecule has 0 saturated heterocycles. The summed E-state index contributed by atoms with van der Waals surface area (Å²) < 4.78 is 6.10. The van der Waals surface area contributed by atoms with E-state index in [2.05, 4.69) is 13.8 Å². The van der Waals surface area contributed by atoms with Crippen LogP contribution >= 0.6 is 0 Å². The topological polar surface area (TPSA) is 63.6 Å². The highest BCUT2D eigenvalue weighted by Gasteiger charge is 2.67. The van der Waals surface area contributed by atoms with E-state index in [-0.39, 0.29) is 46.1 Å². The Morgan fingerprint density at radius 3 is 2.41 bits per heavy atom. The van der Waals surface area contributed by atoms with E-state index in [1.807, 2.05) is 6.08 Å². The number of ketones is 2.